The second kappa shape index (κ2) is 13.6. The molecule has 4 aliphatic rings. The Morgan fingerprint density at radius 3 is 1.03 bits per heavy atom. The highest BCUT2D eigenvalue weighted by Gasteiger charge is 2.53. The third-order valence-electron chi connectivity index (χ3n) is 14.8. The number of hydrogen-bond acceptors (Lipinski definition) is 4. The number of para-hydroxylation sites is 4. The van der Waals surface area contributed by atoms with Gasteiger partial charge in [-0.1, -0.05) is 170 Å². The van der Waals surface area contributed by atoms with Gasteiger partial charge in [0.2, 0.25) is 0 Å². The fraction of sp³-hybridized carbons (Fsp3) is 0.0323. The quantitative estimate of drug-likeness (QED) is 0.178. The van der Waals surface area contributed by atoms with Crippen LogP contribution >= 0.6 is 0 Å². The molecule has 0 fully saturated rings. The summed E-state index contributed by atoms with van der Waals surface area (Å²) in [4.78, 5) is 9.72. The Labute approximate surface area is 383 Å². The van der Waals surface area contributed by atoms with Gasteiger partial charge in [0.1, 0.15) is 0 Å². The molecule has 0 saturated carbocycles. The van der Waals surface area contributed by atoms with Crippen LogP contribution in [0, 0.1) is 11.3 Å². The Bertz CT molecular complexity index is 3530. The highest BCUT2D eigenvalue weighted by atomic mass is 15.2. The molecule has 66 heavy (non-hydrogen) atoms. The fourth-order valence-electron chi connectivity index (χ4n) is 12.4. The average Bonchev–Trinajstić information content (AvgIpc) is 3.85. The van der Waals surface area contributed by atoms with E-state index in [4.69, 9.17) is 4.98 Å². The number of benzene rings is 9. The standard InChI is InChI=1S/C62H38N4/c63-38-40-33-34-55(65-57-29-13-9-25-51(57)61(52-26-10-14-30-58(52)65)47-21-5-1-17-41(47)42-18-2-6-22-48(42)61)45(37-40)46-39-64-36-35-56(46)66-59-31-15-11-27-53(59)62(54-28-12-16-32-60(54)66)49-23-7-3-19-43(49)44-20-4-8-24-50(44)62/h1-37,39H. The van der Waals surface area contributed by atoms with Crippen LogP contribution in [0.4, 0.5) is 34.1 Å². The van der Waals surface area contributed by atoms with Gasteiger partial charge in [-0.2, -0.15) is 5.26 Å². The Kier molecular flexibility index (Phi) is 7.56. The van der Waals surface area contributed by atoms with E-state index in [9.17, 15) is 5.26 Å². The molecule has 0 amide bonds. The van der Waals surface area contributed by atoms with Gasteiger partial charge < -0.3 is 9.80 Å². The molecule has 14 rings (SSSR count). The summed E-state index contributed by atoms with van der Waals surface area (Å²) in [6.45, 7) is 0. The van der Waals surface area contributed by atoms with Crippen LogP contribution < -0.4 is 9.80 Å². The molecule has 9 aromatic carbocycles. The zero-order valence-electron chi connectivity index (χ0n) is 35.7. The Hall–Kier alpha value is -8.78. The van der Waals surface area contributed by atoms with E-state index in [1.807, 2.05) is 18.5 Å². The van der Waals surface area contributed by atoms with Crippen molar-refractivity contribution in [2.24, 2.45) is 0 Å². The van der Waals surface area contributed by atoms with Crippen molar-refractivity contribution in [1.29, 1.82) is 5.26 Å². The van der Waals surface area contributed by atoms with Gasteiger partial charge >= 0.3 is 0 Å². The van der Waals surface area contributed by atoms with Gasteiger partial charge in [-0.05, 0) is 115 Å². The summed E-state index contributed by atoms with van der Waals surface area (Å²) < 4.78 is 0. The summed E-state index contributed by atoms with van der Waals surface area (Å²) in [5.41, 5.74) is 22.7. The Morgan fingerprint density at radius 2 is 0.652 bits per heavy atom. The van der Waals surface area contributed by atoms with Crippen LogP contribution in [0.2, 0.25) is 0 Å². The molecule has 0 bridgehead atoms. The van der Waals surface area contributed by atoms with Gasteiger partial charge in [0.15, 0.2) is 0 Å². The largest absolute Gasteiger partial charge is 0.309 e. The number of anilines is 6. The van der Waals surface area contributed by atoms with Crippen LogP contribution in [0.25, 0.3) is 33.4 Å². The summed E-state index contributed by atoms with van der Waals surface area (Å²) in [5.74, 6) is 0. The summed E-state index contributed by atoms with van der Waals surface area (Å²) in [6, 6.07) is 82.1. The van der Waals surface area contributed by atoms with Crippen molar-refractivity contribution in [1.82, 2.24) is 4.98 Å². The topological polar surface area (TPSA) is 43.2 Å². The highest BCUT2D eigenvalue weighted by Crippen LogP contribution is 2.66. The van der Waals surface area contributed by atoms with E-state index in [1.165, 1.54) is 66.8 Å². The minimum absolute atomic E-state index is 0.537. The van der Waals surface area contributed by atoms with Crippen LogP contribution in [0.3, 0.4) is 0 Å². The molecule has 0 radical (unpaired) electrons. The maximum Gasteiger partial charge on any atom is 0.0991 e. The summed E-state index contributed by atoms with van der Waals surface area (Å²) in [7, 11) is 0. The van der Waals surface area contributed by atoms with Gasteiger partial charge in [-0.25, -0.2) is 0 Å². The van der Waals surface area contributed by atoms with Crippen LogP contribution in [-0.2, 0) is 10.8 Å². The normalized spacial score (nSPS) is 14.5. The van der Waals surface area contributed by atoms with Crippen molar-refractivity contribution in [3.8, 4) is 39.4 Å². The molecule has 0 atom stereocenters. The maximum atomic E-state index is 10.6. The zero-order valence-corrected chi connectivity index (χ0v) is 35.7. The average molecular weight is 839 g/mol. The van der Waals surface area contributed by atoms with E-state index >= 15 is 0 Å². The van der Waals surface area contributed by atoms with Crippen LogP contribution in [0.15, 0.2) is 231 Å². The molecule has 3 heterocycles. The molecular weight excluding hydrogens is 801 g/mol. The first-order chi connectivity index (χ1) is 32.7. The molecule has 0 N–H and O–H groups in total. The van der Waals surface area contributed by atoms with E-state index in [-0.39, 0.29) is 0 Å². The van der Waals surface area contributed by atoms with Crippen LogP contribution in [-0.4, -0.2) is 4.98 Å². The minimum Gasteiger partial charge on any atom is -0.309 e. The van der Waals surface area contributed by atoms with Gasteiger partial charge in [-0.15, -0.1) is 0 Å². The monoisotopic (exact) mass is 838 g/mol. The number of hydrogen-bond donors (Lipinski definition) is 0. The molecule has 2 aliphatic carbocycles. The number of nitrogens with zero attached hydrogens (tertiary/aromatic N) is 4. The van der Waals surface area contributed by atoms with E-state index in [2.05, 4.69) is 228 Å². The number of fused-ring (bicyclic) bond motifs is 18. The molecule has 306 valence electrons. The molecule has 2 aliphatic heterocycles. The number of nitriles is 1. The first-order valence-electron chi connectivity index (χ1n) is 22.6. The lowest BCUT2D eigenvalue weighted by Gasteiger charge is -2.46. The van der Waals surface area contributed by atoms with Gasteiger partial charge in [-0.3, -0.25) is 4.98 Å². The van der Waals surface area contributed by atoms with Crippen molar-refractivity contribution < 1.29 is 0 Å². The number of rotatable bonds is 3. The first kappa shape index (κ1) is 36.7. The second-order valence-corrected chi connectivity index (χ2v) is 17.7. The van der Waals surface area contributed by atoms with Crippen molar-refractivity contribution in [2.45, 2.75) is 10.8 Å². The van der Waals surface area contributed by atoms with Crippen molar-refractivity contribution >= 4 is 34.1 Å². The first-order valence-corrected chi connectivity index (χ1v) is 22.6. The molecule has 1 aromatic heterocycles. The molecular formula is C62H38N4. The Morgan fingerprint density at radius 1 is 0.318 bits per heavy atom. The zero-order chi connectivity index (χ0) is 43.6. The number of aromatic nitrogens is 1. The second-order valence-electron chi connectivity index (χ2n) is 17.7. The lowest BCUT2D eigenvalue weighted by atomic mass is 9.64. The molecule has 2 spiro atoms. The molecule has 0 unspecified atom stereocenters. The maximum absolute atomic E-state index is 10.6. The third kappa shape index (κ3) is 4.53. The molecule has 0 saturated heterocycles. The van der Waals surface area contributed by atoms with Crippen molar-refractivity contribution in [2.75, 3.05) is 9.80 Å². The third-order valence-corrected chi connectivity index (χ3v) is 14.8. The van der Waals surface area contributed by atoms with E-state index < -0.39 is 10.8 Å². The van der Waals surface area contributed by atoms with Gasteiger partial charge in [0, 0.05) is 23.5 Å². The Balaban J connectivity index is 1.02. The smallest absolute Gasteiger partial charge is 0.0991 e. The van der Waals surface area contributed by atoms with Crippen LogP contribution in [0.5, 0.6) is 0 Å². The summed E-state index contributed by atoms with van der Waals surface area (Å²) in [5, 5.41) is 10.6. The predicted molar refractivity (Wildman–Crippen MR) is 265 cm³/mol. The predicted octanol–water partition coefficient (Wildman–Crippen LogP) is 14.9. The fourth-order valence-corrected chi connectivity index (χ4v) is 12.4. The van der Waals surface area contributed by atoms with Gasteiger partial charge in [0.25, 0.3) is 0 Å². The summed E-state index contributed by atoms with van der Waals surface area (Å²) >= 11 is 0. The van der Waals surface area contributed by atoms with E-state index in [1.54, 1.807) is 0 Å². The molecule has 4 heteroatoms. The van der Waals surface area contributed by atoms with E-state index in [0.717, 1.165) is 45.3 Å². The van der Waals surface area contributed by atoms with Crippen molar-refractivity contribution in [3.63, 3.8) is 0 Å². The lowest BCUT2D eigenvalue weighted by molar-refractivity contribution is 0.752. The molecule has 10 aromatic rings. The lowest BCUT2D eigenvalue weighted by Crippen LogP contribution is -2.36. The van der Waals surface area contributed by atoms with Crippen molar-refractivity contribution in [3.05, 3.63) is 281 Å². The SMILES string of the molecule is N#Cc1ccc(N2c3ccccc3C3(c4ccccc4-c4ccccc43)c3ccccc32)c(-c2cnccc2N2c3ccccc3C3(c4ccccc4-c4ccccc43)c3ccccc32)c1. The van der Waals surface area contributed by atoms with Crippen LogP contribution in [0.1, 0.15) is 50.1 Å². The number of pyridine rings is 1. The highest BCUT2D eigenvalue weighted by molar-refractivity contribution is 6.03. The molecule has 4 nitrogen and oxygen atoms in total. The summed E-state index contributed by atoms with van der Waals surface area (Å²) in [6.07, 6.45) is 3.88. The van der Waals surface area contributed by atoms with E-state index in [0.29, 0.717) is 5.56 Å². The van der Waals surface area contributed by atoms with Gasteiger partial charge in [0.05, 0.1) is 56.6 Å². The minimum atomic E-state index is -0.544.